The molecule has 6 nitrogen and oxygen atoms in total. The lowest BCUT2D eigenvalue weighted by atomic mass is 10.1. The number of phenolic OH excluding ortho intramolecular Hbond substituents is 1. The second kappa shape index (κ2) is 8.89. The number of hydrogen-bond acceptors (Lipinski definition) is 4. The van der Waals surface area contributed by atoms with Gasteiger partial charge in [0.15, 0.2) is 0 Å². The second-order valence-corrected chi connectivity index (χ2v) is 6.46. The van der Waals surface area contributed by atoms with Crippen LogP contribution in [0.5, 0.6) is 11.5 Å². The monoisotopic (exact) mass is 357 g/mol. The zero-order chi connectivity index (χ0) is 19.1. The Hall–Kier alpha value is -3.02. The zero-order valence-corrected chi connectivity index (χ0v) is 14.8. The lowest BCUT2D eigenvalue weighted by Crippen LogP contribution is -2.42. The van der Waals surface area contributed by atoms with Crippen LogP contribution in [0.1, 0.15) is 29.8 Å². The molecule has 3 N–H and O–H groups in total. The van der Waals surface area contributed by atoms with Crippen LogP contribution in [0.3, 0.4) is 0 Å². The molecule has 2 aromatic rings. The largest absolute Gasteiger partial charge is 0.508 e. The molecule has 1 amide bonds. The SMILES string of the molecule is CC(C)COc1ccc(C(=O)NC(Cc2ccc(O)cc2)C(=O)O)cc1. The number of carboxylic acid groups (broad SMARTS) is 1. The van der Waals surface area contributed by atoms with E-state index in [1.807, 2.05) is 13.8 Å². The molecule has 6 heteroatoms. The summed E-state index contributed by atoms with van der Waals surface area (Å²) in [5.74, 6) is -0.428. The first kappa shape index (κ1) is 19.3. The summed E-state index contributed by atoms with van der Waals surface area (Å²) in [5.41, 5.74) is 1.06. The van der Waals surface area contributed by atoms with Gasteiger partial charge in [0.1, 0.15) is 17.5 Å². The Labute approximate surface area is 152 Å². The number of amides is 1. The van der Waals surface area contributed by atoms with Crippen LogP contribution >= 0.6 is 0 Å². The van der Waals surface area contributed by atoms with Gasteiger partial charge in [-0.2, -0.15) is 0 Å². The van der Waals surface area contributed by atoms with E-state index in [9.17, 15) is 19.8 Å². The highest BCUT2D eigenvalue weighted by atomic mass is 16.5. The van der Waals surface area contributed by atoms with E-state index < -0.39 is 17.9 Å². The number of ether oxygens (including phenoxy) is 1. The van der Waals surface area contributed by atoms with Crippen LogP contribution < -0.4 is 10.1 Å². The molecule has 0 aliphatic heterocycles. The van der Waals surface area contributed by atoms with Gasteiger partial charge in [0, 0.05) is 12.0 Å². The highest BCUT2D eigenvalue weighted by molar-refractivity contribution is 5.96. The lowest BCUT2D eigenvalue weighted by molar-refractivity contribution is -0.139. The molecule has 0 saturated carbocycles. The number of phenols is 1. The average Bonchev–Trinajstić information content (AvgIpc) is 2.61. The molecule has 0 fully saturated rings. The van der Waals surface area contributed by atoms with Gasteiger partial charge in [-0.1, -0.05) is 26.0 Å². The minimum Gasteiger partial charge on any atom is -0.508 e. The Morgan fingerprint density at radius 1 is 1.04 bits per heavy atom. The van der Waals surface area contributed by atoms with Crippen LogP contribution in [0, 0.1) is 5.92 Å². The summed E-state index contributed by atoms with van der Waals surface area (Å²) < 4.78 is 5.56. The van der Waals surface area contributed by atoms with E-state index in [2.05, 4.69) is 5.32 Å². The number of benzene rings is 2. The van der Waals surface area contributed by atoms with Gasteiger partial charge in [-0.25, -0.2) is 4.79 Å². The second-order valence-electron chi connectivity index (χ2n) is 6.46. The smallest absolute Gasteiger partial charge is 0.326 e. The number of carbonyl (C=O) groups excluding carboxylic acids is 1. The van der Waals surface area contributed by atoms with Crippen LogP contribution in [-0.2, 0) is 11.2 Å². The molecular weight excluding hydrogens is 334 g/mol. The predicted molar refractivity (Wildman–Crippen MR) is 97.5 cm³/mol. The Balaban J connectivity index is 2.00. The van der Waals surface area contributed by atoms with Crippen molar-refractivity contribution in [1.82, 2.24) is 5.32 Å². The number of hydrogen-bond donors (Lipinski definition) is 3. The fourth-order valence-corrected chi connectivity index (χ4v) is 2.27. The van der Waals surface area contributed by atoms with Gasteiger partial charge in [0.05, 0.1) is 6.61 Å². The summed E-state index contributed by atoms with van der Waals surface area (Å²) in [4.78, 5) is 23.8. The number of aliphatic carboxylic acids is 1. The Morgan fingerprint density at radius 3 is 2.19 bits per heavy atom. The summed E-state index contributed by atoms with van der Waals surface area (Å²) in [6.07, 6.45) is 0.122. The van der Waals surface area contributed by atoms with E-state index in [1.165, 1.54) is 12.1 Å². The highest BCUT2D eigenvalue weighted by Crippen LogP contribution is 2.14. The highest BCUT2D eigenvalue weighted by Gasteiger charge is 2.21. The molecule has 0 aliphatic rings. The molecule has 0 aliphatic carbocycles. The third-order valence-corrected chi connectivity index (χ3v) is 3.68. The van der Waals surface area contributed by atoms with Gasteiger partial charge >= 0.3 is 5.97 Å². The number of carboxylic acids is 1. The van der Waals surface area contributed by atoms with Gasteiger partial charge in [-0.3, -0.25) is 4.79 Å². The van der Waals surface area contributed by atoms with Gasteiger partial charge in [0.2, 0.25) is 0 Å². The third-order valence-electron chi connectivity index (χ3n) is 3.68. The molecule has 1 atom stereocenters. The molecule has 1 unspecified atom stereocenters. The van der Waals surface area contributed by atoms with Crippen molar-refractivity contribution in [3.8, 4) is 11.5 Å². The Bertz CT molecular complexity index is 738. The maximum Gasteiger partial charge on any atom is 0.326 e. The summed E-state index contributed by atoms with van der Waals surface area (Å²) in [5, 5.41) is 21.2. The van der Waals surface area contributed by atoms with Crippen LogP contribution in [0.15, 0.2) is 48.5 Å². The Morgan fingerprint density at radius 2 is 1.65 bits per heavy atom. The van der Waals surface area contributed by atoms with Crippen molar-refractivity contribution in [1.29, 1.82) is 0 Å². The van der Waals surface area contributed by atoms with Gasteiger partial charge < -0.3 is 20.3 Å². The molecule has 26 heavy (non-hydrogen) atoms. The maximum absolute atomic E-state index is 12.3. The van der Waals surface area contributed by atoms with E-state index in [0.717, 1.165) is 0 Å². The van der Waals surface area contributed by atoms with Gasteiger partial charge in [-0.15, -0.1) is 0 Å². The van der Waals surface area contributed by atoms with Gasteiger partial charge in [-0.05, 0) is 47.9 Å². The minimum absolute atomic E-state index is 0.101. The standard InChI is InChI=1S/C20H23NO5/c1-13(2)12-26-17-9-5-15(6-10-17)19(23)21-18(20(24)25)11-14-3-7-16(22)8-4-14/h3-10,13,18,22H,11-12H2,1-2H3,(H,21,23)(H,24,25). The van der Waals surface area contributed by atoms with E-state index in [4.69, 9.17) is 4.74 Å². The number of nitrogens with one attached hydrogen (secondary N) is 1. The summed E-state index contributed by atoms with van der Waals surface area (Å²) in [6, 6.07) is 11.7. The van der Waals surface area contributed by atoms with Crippen molar-refractivity contribution < 1.29 is 24.5 Å². The van der Waals surface area contributed by atoms with Crippen molar-refractivity contribution >= 4 is 11.9 Å². The molecule has 2 rings (SSSR count). The fraction of sp³-hybridized carbons (Fsp3) is 0.300. The number of aromatic hydroxyl groups is 1. The minimum atomic E-state index is -1.12. The lowest BCUT2D eigenvalue weighted by Gasteiger charge is -2.15. The molecule has 0 saturated heterocycles. The van der Waals surface area contributed by atoms with Gasteiger partial charge in [0.25, 0.3) is 5.91 Å². The van der Waals surface area contributed by atoms with Crippen molar-refractivity contribution in [3.05, 3.63) is 59.7 Å². The summed E-state index contributed by atoms with van der Waals surface area (Å²) in [7, 11) is 0. The molecule has 0 spiro atoms. The topological polar surface area (TPSA) is 95.9 Å². The van der Waals surface area contributed by atoms with Crippen LogP contribution in [0.25, 0.3) is 0 Å². The van der Waals surface area contributed by atoms with Crippen molar-refractivity contribution in [2.45, 2.75) is 26.3 Å². The van der Waals surface area contributed by atoms with E-state index in [1.54, 1.807) is 36.4 Å². The molecule has 0 radical (unpaired) electrons. The number of carbonyl (C=O) groups is 2. The van der Waals surface area contributed by atoms with Crippen molar-refractivity contribution in [3.63, 3.8) is 0 Å². The Kier molecular flexibility index (Phi) is 6.60. The predicted octanol–water partition coefficient (Wildman–Crippen LogP) is 2.85. The fourth-order valence-electron chi connectivity index (χ4n) is 2.27. The van der Waals surface area contributed by atoms with Crippen molar-refractivity contribution in [2.75, 3.05) is 6.61 Å². The normalized spacial score (nSPS) is 11.8. The van der Waals surface area contributed by atoms with Crippen LogP contribution in [0.4, 0.5) is 0 Å². The molecule has 2 aromatic carbocycles. The first-order chi connectivity index (χ1) is 12.3. The molecule has 138 valence electrons. The van der Waals surface area contributed by atoms with E-state index in [-0.39, 0.29) is 12.2 Å². The zero-order valence-electron chi connectivity index (χ0n) is 14.8. The quantitative estimate of drug-likeness (QED) is 0.675. The summed E-state index contributed by atoms with van der Waals surface area (Å²) in [6.45, 7) is 4.67. The van der Waals surface area contributed by atoms with Crippen LogP contribution in [-0.4, -0.2) is 34.7 Å². The first-order valence-corrected chi connectivity index (χ1v) is 8.39. The first-order valence-electron chi connectivity index (χ1n) is 8.39. The third kappa shape index (κ3) is 5.81. The summed E-state index contributed by atoms with van der Waals surface area (Å²) >= 11 is 0. The maximum atomic E-state index is 12.3. The van der Waals surface area contributed by atoms with E-state index >= 15 is 0 Å². The molecule has 0 heterocycles. The average molecular weight is 357 g/mol. The molecule has 0 bridgehead atoms. The van der Waals surface area contributed by atoms with E-state index in [0.29, 0.717) is 29.4 Å². The molecular formula is C20H23NO5. The molecule has 0 aromatic heterocycles. The van der Waals surface area contributed by atoms with Crippen molar-refractivity contribution in [2.24, 2.45) is 5.92 Å². The van der Waals surface area contributed by atoms with Crippen LogP contribution in [0.2, 0.25) is 0 Å². The number of rotatable bonds is 8.